The summed E-state index contributed by atoms with van der Waals surface area (Å²) in [4.78, 5) is 13.1. The zero-order valence-corrected chi connectivity index (χ0v) is 17.8. The van der Waals surface area contributed by atoms with Crippen molar-refractivity contribution >= 4 is 22.3 Å². The number of pyridine rings is 2. The Bertz CT molecular complexity index is 1390. The van der Waals surface area contributed by atoms with Crippen LogP contribution in [0.2, 0.25) is 0 Å². The number of nitrogens with zero attached hydrogens (tertiary/aromatic N) is 4. The fraction of sp³-hybridized carbons (Fsp3) is 0.115. The summed E-state index contributed by atoms with van der Waals surface area (Å²) < 4.78 is 2.10. The number of hydrogen-bond donors (Lipinski definition) is 1. The number of anilines is 2. The van der Waals surface area contributed by atoms with E-state index >= 15 is 0 Å². The standard InChI is InChI=1S/C26H23N5/c1-17-12-21(25-16-28-18(2)31(25)3)6-7-24(17)30-26-14-23-13-20(4-5-22(23)15-29-26)19-8-10-27-11-9-19/h4-16H,1-3H3,(H,29,30). The van der Waals surface area contributed by atoms with Crippen LogP contribution in [-0.4, -0.2) is 19.5 Å². The van der Waals surface area contributed by atoms with Crippen LogP contribution in [0.15, 0.2) is 79.4 Å². The third kappa shape index (κ3) is 3.66. The number of rotatable bonds is 4. The van der Waals surface area contributed by atoms with Gasteiger partial charge >= 0.3 is 0 Å². The van der Waals surface area contributed by atoms with Crippen LogP contribution in [0, 0.1) is 13.8 Å². The van der Waals surface area contributed by atoms with Gasteiger partial charge in [-0.1, -0.05) is 18.2 Å². The van der Waals surface area contributed by atoms with Gasteiger partial charge in [0, 0.05) is 42.3 Å². The number of aromatic nitrogens is 4. The van der Waals surface area contributed by atoms with Gasteiger partial charge in [-0.25, -0.2) is 9.97 Å². The van der Waals surface area contributed by atoms with Gasteiger partial charge in [-0.2, -0.15) is 0 Å². The highest BCUT2D eigenvalue weighted by Crippen LogP contribution is 2.29. The molecule has 31 heavy (non-hydrogen) atoms. The molecule has 0 radical (unpaired) electrons. The SMILES string of the molecule is Cc1cc(-c2cnc(C)n2C)ccc1Nc1cc2cc(-c3ccncc3)ccc2cn1. The Hall–Kier alpha value is -3.99. The molecule has 0 saturated carbocycles. The summed E-state index contributed by atoms with van der Waals surface area (Å²) >= 11 is 0. The number of hydrogen-bond acceptors (Lipinski definition) is 4. The molecular weight excluding hydrogens is 382 g/mol. The Morgan fingerprint density at radius 1 is 0.742 bits per heavy atom. The van der Waals surface area contributed by atoms with Crippen molar-refractivity contribution < 1.29 is 0 Å². The zero-order chi connectivity index (χ0) is 21.4. The first-order chi connectivity index (χ1) is 15.1. The van der Waals surface area contributed by atoms with E-state index in [-0.39, 0.29) is 0 Å². The molecule has 3 aromatic heterocycles. The maximum Gasteiger partial charge on any atom is 0.130 e. The predicted octanol–water partition coefficient (Wildman–Crippen LogP) is 6.06. The van der Waals surface area contributed by atoms with Gasteiger partial charge < -0.3 is 9.88 Å². The van der Waals surface area contributed by atoms with Gasteiger partial charge in [0.25, 0.3) is 0 Å². The van der Waals surface area contributed by atoms with E-state index in [9.17, 15) is 0 Å². The Labute approximate surface area is 181 Å². The first-order valence-electron chi connectivity index (χ1n) is 10.2. The summed E-state index contributed by atoms with van der Waals surface area (Å²) in [6.45, 7) is 4.12. The van der Waals surface area contributed by atoms with Crippen molar-refractivity contribution in [2.45, 2.75) is 13.8 Å². The molecule has 0 fully saturated rings. The number of imidazole rings is 1. The van der Waals surface area contributed by atoms with Gasteiger partial charge in [0.2, 0.25) is 0 Å². The lowest BCUT2D eigenvalue weighted by Crippen LogP contribution is -1.98. The van der Waals surface area contributed by atoms with Crippen molar-refractivity contribution in [3.8, 4) is 22.4 Å². The molecule has 0 atom stereocenters. The highest BCUT2D eigenvalue weighted by Gasteiger charge is 2.09. The summed E-state index contributed by atoms with van der Waals surface area (Å²) in [7, 11) is 2.04. The molecule has 0 unspecified atom stereocenters. The lowest BCUT2D eigenvalue weighted by molar-refractivity contribution is 0.865. The maximum absolute atomic E-state index is 4.61. The van der Waals surface area contributed by atoms with Crippen molar-refractivity contribution in [1.82, 2.24) is 19.5 Å². The van der Waals surface area contributed by atoms with Gasteiger partial charge in [0.15, 0.2) is 0 Å². The van der Waals surface area contributed by atoms with Crippen molar-refractivity contribution in [2.24, 2.45) is 7.05 Å². The molecule has 2 aromatic carbocycles. The Balaban J connectivity index is 1.45. The van der Waals surface area contributed by atoms with E-state index in [4.69, 9.17) is 0 Å². The molecule has 152 valence electrons. The van der Waals surface area contributed by atoms with Crippen LogP contribution >= 0.6 is 0 Å². The third-order valence-corrected chi connectivity index (χ3v) is 5.74. The topological polar surface area (TPSA) is 55.6 Å². The minimum absolute atomic E-state index is 0.826. The number of benzene rings is 2. The Morgan fingerprint density at radius 3 is 2.29 bits per heavy atom. The van der Waals surface area contributed by atoms with Gasteiger partial charge in [0.1, 0.15) is 11.6 Å². The van der Waals surface area contributed by atoms with Crippen LogP contribution in [0.3, 0.4) is 0 Å². The average Bonchev–Trinajstić information content (AvgIpc) is 3.13. The molecule has 0 spiro atoms. The van der Waals surface area contributed by atoms with E-state index in [0.717, 1.165) is 50.5 Å². The van der Waals surface area contributed by atoms with E-state index in [1.54, 1.807) is 0 Å². The van der Waals surface area contributed by atoms with Crippen LogP contribution in [0.5, 0.6) is 0 Å². The van der Waals surface area contributed by atoms with Crippen molar-refractivity contribution in [3.63, 3.8) is 0 Å². The normalized spacial score (nSPS) is 11.1. The molecule has 0 aliphatic rings. The number of nitrogens with one attached hydrogen (secondary N) is 1. The lowest BCUT2D eigenvalue weighted by atomic mass is 10.0. The average molecular weight is 406 g/mol. The monoisotopic (exact) mass is 405 g/mol. The smallest absolute Gasteiger partial charge is 0.130 e. The molecule has 1 N–H and O–H groups in total. The van der Waals surface area contributed by atoms with Crippen molar-refractivity contribution in [1.29, 1.82) is 0 Å². The van der Waals surface area contributed by atoms with E-state index < -0.39 is 0 Å². The van der Waals surface area contributed by atoms with Gasteiger partial charge in [-0.05, 0) is 72.3 Å². The molecule has 0 aliphatic carbocycles. The molecule has 5 heteroatoms. The third-order valence-electron chi connectivity index (χ3n) is 5.74. The fourth-order valence-corrected chi connectivity index (χ4v) is 3.80. The summed E-state index contributed by atoms with van der Waals surface area (Å²) in [5, 5.41) is 5.74. The summed E-state index contributed by atoms with van der Waals surface area (Å²) in [5.74, 6) is 1.83. The van der Waals surface area contributed by atoms with Crippen LogP contribution < -0.4 is 5.32 Å². The van der Waals surface area contributed by atoms with Gasteiger partial charge in [0.05, 0.1) is 11.9 Å². The van der Waals surface area contributed by atoms with E-state index in [2.05, 4.69) is 74.2 Å². The minimum Gasteiger partial charge on any atom is -0.340 e. The quantitative estimate of drug-likeness (QED) is 0.395. The van der Waals surface area contributed by atoms with Crippen LogP contribution in [0.4, 0.5) is 11.5 Å². The van der Waals surface area contributed by atoms with E-state index in [1.165, 1.54) is 5.56 Å². The second-order valence-electron chi connectivity index (χ2n) is 7.77. The van der Waals surface area contributed by atoms with Crippen LogP contribution in [-0.2, 0) is 7.05 Å². The van der Waals surface area contributed by atoms with E-state index in [1.807, 2.05) is 50.9 Å². The Morgan fingerprint density at radius 2 is 1.55 bits per heavy atom. The highest BCUT2D eigenvalue weighted by atomic mass is 15.0. The molecule has 5 rings (SSSR count). The molecular formula is C26H23N5. The summed E-state index contributed by atoms with van der Waals surface area (Å²) in [6.07, 6.45) is 7.47. The van der Waals surface area contributed by atoms with E-state index in [0.29, 0.717) is 0 Å². The first kappa shape index (κ1) is 19.0. The van der Waals surface area contributed by atoms with Crippen LogP contribution in [0.1, 0.15) is 11.4 Å². The first-order valence-corrected chi connectivity index (χ1v) is 10.2. The fourth-order valence-electron chi connectivity index (χ4n) is 3.80. The molecule has 5 nitrogen and oxygen atoms in total. The number of aryl methyl sites for hydroxylation is 2. The maximum atomic E-state index is 4.61. The molecule has 0 saturated heterocycles. The van der Waals surface area contributed by atoms with Crippen LogP contribution in [0.25, 0.3) is 33.2 Å². The Kier molecular flexibility index (Phi) is 4.71. The summed E-state index contributed by atoms with van der Waals surface area (Å²) in [6, 6.07) is 19.0. The van der Waals surface area contributed by atoms with Crippen molar-refractivity contribution in [3.05, 3.63) is 90.8 Å². The largest absolute Gasteiger partial charge is 0.340 e. The highest BCUT2D eigenvalue weighted by molar-refractivity contribution is 5.89. The number of fused-ring (bicyclic) bond motifs is 1. The molecule has 0 bridgehead atoms. The zero-order valence-electron chi connectivity index (χ0n) is 17.8. The molecule has 0 amide bonds. The molecule has 3 heterocycles. The van der Waals surface area contributed by atoms with Crippen molar-refractivity contribution in [2.75, 3.05) is 5.32 Å². The summed E-state index contributed by atoms with van der Waals surface area (Å²) in [5.41, 5.74) is 6.78. The second-order valence-corrected chi connectivity index (χ2v) is 7.77. The lowest BCUT2D eigenvalue weighted by Gasteiger charge is -2.12. The minimum atomic E-state index is 0.826. The predicted molar refractivity (Wildman–Crippen MR) is 126 cm³/mol. The van der Waals surface area contributed by atoms with Gasteiger partial charge in [-0.15, -0.1) is 0 Å². The second kappa shape index (κ2) is 7.69. The van der Waals surface area contributed by atoms with Gasteiger partial charge in [-0.3, -0.25) is 4.98 Å². The molecule has 5 aromatic rings. The molecule has 0 aliphatic heterocycles.